The summed E-state index contributed by atoms with van der Waals surface area (Å²) in [6.45, 7) is 3.29. The van der Waals surface area contributed by atoms with Crippen molar-refractivity contribution in [3.8, 4) is 0 Å². The van der Waals surface area contributed by atoms with Crippen molar-refractivity contribution in [2.75, 3.05) is 6.54 Å². The highest BCUT2D eigenvalue weighted by Crippen LogP contribution is 2.19. The van der Waals surface area contributed by atoms with E-state index in [1.807, 2.05) is 12.4 Å². The first-order valence-corrected chi connectivity index (χ1v) is 7.57. The summed E-state index contributed by atoms with van der Waals surface area (Å²) in [5.74, 6) is 0. The number of nitrogens with zero attached hydrogens (tertiary/aromatic N) is 1. The number of hydrogen-bond acceptors (Lipinski definition) is 2. The van der Waals surface area contributed by atoms with Crippen LogP contribution in [0.1, 0.15) is 43.4 Å². The monoisotopic (exact) mass is 268 g/mol. The van der Waals surface area contributed by atoms with Crippen molar-refractivity contribution < 1.29 is 0 Å². The average Bonchev–Trinajstić information content (AvgIpc) is 2.52. The molecule has 2 heteroatoms. The predicted molar refractivity (Wildman–Crippen MR) is 84.7 cm³/mol. The molecular weight excluding hydrogens is 244 g/mol. The molecule has 1 aromatic carbocycles. The molecule has 20 heavy (non-hydrogen) atoms. The summed E-state index contributed by atoms with van der Waals surface area (Å²) in [5.41, 5.74) is 2.78. The summed E-state index contributed by atoms with van der Waals surface area (Å²) in [5, 5.41) is 3.66. The summed E-state index contributed by atoms with van der Waals surface area (Å²) in [4.78, 5) is 4.06. The number of aromatic nitrogens is 1. The van der Waals surface area contributed by atoms with Crippen LogP contribution in [0.15, 0.2) is 54.9 Å². The first kappa shape index (κ1) is 14.7. The fraction of sp³-hybridized carbons (Fsp3) is 0.389. The molecule has 0 spiro atoms. The summed E-state index contributed by atoms with van der Waals surface area (Å²) in [7, 11) is 0. The summed E-state index contributed by atoms with van der Waals surface area (Å²) in [6.07, 6.45) is 8.42. The van der Waals surface area contributed by atoms with E-state index in [9.17, 15) is 0 Å². The molecule has 2 aromatic rings. The van der Waals surface area contributed by atoms with E-state index >= 15 is 0 Å². The molecule has 0 aliphatic heterocycles. The summed E-state index contributed by atoms with van der Waals surface area (Å²) < 4.78 is 0. The molecule has 0 bridgehead atoms. The van der Waals surface area contributed by atoms with Gasteiger partial charge in [0.05, 0.1) is 0 Å². The van der Waals surface area contributed by atoms with Crippen molar-refractivity contribution in [3.63, 3.8) is 0 Å². The van der Waals surface area contributed by atoms with E-state index in [4.69, 9.17) is 0 Å². The molecule has 0 fully saturated rings. The molecule has 0 aliphatic carbocycles. The van der Waals surface area contributed by atoms with Gasteiger partial charge in [0.25, 0.3) is 0 Å². The van der Waals surface area contributed by atoms with Gasteiger partial charge in [0.1, 0.15) is 0 Å². The van der Waals surface area contributed by atoms with Crippen LogP contribution in [-0.4, -0.2) is 11.5 Å². The van der Waals surface area contributed by atoms with Crippen LogP contribution in [0.5, 0.6) is 0 Å². The average molecular weight is 268 g/mol. The van der Waals surface area contributed by atoms with Gasteiger partial charge in [0, 0.05) is 18.4 Å². The molecule has 0 amide bonds. The third kappa shape index (κ3) is 4.78. The maximum absolute atomic E-state index is 4.06. The molecule has 0 aliphatic rings. The number of hydrogen-bond donors (Lipinski definition) is 1. The lowest BCUT2D eigenvalue weighted by atomic mass is 9.99. The maximum Gasteiger partial charge on any atom is 0.0320 e. The Balaban J connectivity index is 1.88. The molecule has 0 saturated heterocycles. The molecule has 1 atom stereocenters. The lowest BCUT2D eigenvalue weighted by Crippen LogP contribution is -2.22. The van der Waals surface area contributed by atoms with E-state index in [0.29, 0.717) is 6.04 Å². The predicted octanol–water partition coefficient (Wildman–Crippen LogP) is 4.15. The van der Waals surface area contributed by atoms with Crippen molar-refractivity contribution in [3.05, 3.63) is 66.0 Å². The van der Waals surface area contributed by atoms with Gasteiger partial charge in [-0.3, -0.25) is 4.98 Å². The molecule has 1 N–H and O–H groups in total. The number of aryl methyl sites for hydroxylation is 1. The van der Waals surface area contributed by atoms with Crippen LogP contribution in [0, 0.1) is 0 Å². The minimum absolute atomic E-state index is 0.470. The third-order valence-electron chi connectivity index (χ3n) is 3.55. The van der Waals surface area contributed by atoms with E-state index < -0.39 is 0 Å². The Hall–Kier alpha value is -1.67. The van der Waals surface area contributed by atoms with Gasteiger partial charge in [0.15, 0.2) is 0 Å². The number of nitrogens with one attached hydrogen (secondary N) is 1. The first-order valence-electron chi connectivity index (χ1n) is 7.57. The zero-order chi connectivity index (χ0) is 14.0. The highest BCUT2D eigenvalue weighted by molar-refractivity contribution is 5.19. The second-order valence-electron chi connectivity index (χ2n) is 5.17. The van der Waals surface area contributed by atoms with Crippen LogP contribution in [-0.2, 0) is 6.42 Å². The molecule has 0 saturated carbocycles. The minimum Gasteiger partial charge on any atom is -0.310 e. The van der Waals surface area contributed by atoms with Crippen LogP contribution >= 0.6 is 0 Å². The highest BCUT2D eigenvalue weighted by Gasteiger charge is 2.09. The summed E-state index contributed by atoms with van der Waals surface area (Å²) >= 11 is 0. The largest absolute Gasteiger partial charge is 0.310 e. The van der Waals surface area contributed by atoms with Crippen molar-refractivity contribution in [2.24, 2.45) is 0 Å². The Labute approximate surface area is 122 Å². The second-order valence-corrected chi connectivity index (χ2v) is 5.17. The molecule has 2 nitrogen and oxygen atoms in total. The van der Waals surface area contributed by atoms with Crippen molar-refractivity contribution in [1.29, 1.82) is 0 Å². The summed E-state index contributed by atoms with van der Waals surface area (Å²) in [6, 6.07) is 15.5. The number of benzene rings is 1. The van der Waals surface area contributed by atoms with Gasteiger partial charge in [-0.2, -0.15) is 0 Å². The zero-order valence-electron chi connectivity index (χ0n) is 12.3. The van der Waals surface area contributed by atoms with Crippen LogP contribution in [0.3, 0.4) is 0 Å². The Bertz CT molecular complexity index is 467. The molecule has 1 aromatic heterocycles. The molecule has 106 valence electrons. The molecule has 0 radical (unpaired) electrons. The Morgan fingerprint density at radius 1 is 1.05 bits per heavy atom. The fourth-order valence-electron chi connectivity index (χ4n) is 2.45. The Kier molecular flexibility index (Phi) is 6.25. The number of pyridine rings is 1. The van der Waals surface area contributed by atoms with E-state index in [2.05, 4.69) is 59.7 Å². The molecule has 1 heterocycles. The van der Waals surface area contributed by atoms with Crippen molar-refractivity contribution in [2.45, 2.75) is 38.6 Å². The lowest BCUT2D eigenvalue weighted by molar-refractivity contribution is 0.484. The van der Waals surface area contributed by atoms with E-state index in [0.717, 1.165) is 13.0 Å². The van der Waals surface area contributed by atoms with E-state index in [1.165, 1.54) is 30.4 Å². The van der Waals surface area contributed by atoms with Crippen LogP contribution in [0.2, 0.25) is 0 Å². The Morgan fingerprint density at radius 2 is 1.80 bits per heavy atom. The highest BCUT2D eigenvalue weighted by atomic mass is 14.9. The van der Waals surface area contributed by atoms with Crippen LogP contribution in [0.4, 0.5) is 0 Å². The van der Waals surface area contributed by atoms with Gasteiger partial charge in [0.2, 0.25) is 0 Å². The normalized spacial score (nSPS) is 12.2. The molecule has 2 rings (SSSR count). The van der Waals surface area contributed by atoms with Gasteiger partial charge in [-0.1, -0.05) is 37.3 Å². The first-order chi connectivity index (χ1) is 9.90. The maximum atomic E-state index is 4.06. The quantitative estimate of drug-likeness (QED) is 0.778. The fourth-order valence-corrected chi connectivity index (χ4v) is 2.45. The standard InChI is InChI=1S/C18H24N2/c1-2-13-20-18(17-8-4-3-5-9-17)10-6-7-16-11-14-19-15-12-16/h3-5,8-9,11-12,14-15,18,20H,2,6-7,10,13H2,1H3. The SMILES string of the molecule is CCCNC(CCCc1ccncc1)c1ccccc1. The van der Waals surface area contributed by atoms with Gasteiger partial charge in [-0.15, -0.1) is 0 Å². The van der Waals surface area contributed by atoms with Gasteiger partial charge >= 0.3 is 0 Å². The third-order valence-corrected chi connectivity index (χ3v) is 3.55. The van der Waals surface area contributed by atoms with Crippen molar-refractivity contribution in [1.82, 2.24) is 10.3 Å². The van der Waals surface area contributed by atoms with E-state index in [1.54, 1.807) is 0 Å². The van der Waals surface area contributed by atoms with Gasteiger partial charge in [-0.05, 0) is 55.5 Å². The van der Waals surface area contributed by atoms with Gasteiger partial charge in [-0.25, -0.2) is 0 Å². The van der Waals surface area contributed by atoms with Gasteiger partial charge < -0.3 is 5.32 Å². The molecule has 1 unspecified atom stereocenters. The lowest BCUT2D eigenvalue weighted by Gasteiger charge is -2.19. The molecular formula is C18H24N2. The smallest absolute Gasteiger partial charge is 0.0320 e. The second kappa shape index (κ2) is 8.49. The minimum atomic E-state index is 0.470. The Morgan fingerprint density at radius 3 is 2.50 bits per heavy atom. The zero-order valence-corrected chi connectivity index (χ0v) is 12.3. The van der Waals surface area contributed by atoms with Crippen molar-refractivity contribution >= 4 is 0 Å². The van der Waals surface area contributed by atoms with E-state index in [-0.39, 0.29) is 0 Å². The van der Waals surface area contributed by atoms with Crippen LogP contribution < -0.4 is 5.32 Å². The topological polar surface area (TPSA) is 24.9 Å². The van der Waals surface area contributed by atoms with Crippen LogP contribution in [0.25, 0.3) is 0 Å². The number of rotatable bonds is 8.